The molecule has 0 radical (unpaired) electrons. The first-order chi connectivity index (χ1) is 11.6. The molecule has 2 aromatic rings. The van der Waals surface area contributed by atoms with Crippen LogP contribution in [-0.4, -0.2) is 36.5 Å². The summed E-state index contributed by atoms with van der Waals surface area (Å²) in [5.41, 5.74) is 1.32. The van der Waals surface area contributed by atoms with Crippen molar-refractivity contribution in [2.24, 2.45) is 0 Å². The molecule has 3 rings (SSSR count). The number of nitrogens with one attached hydrogen (secondary N) is 2. The van der Waals surface area contributed by atoms with Crippen molar-refractivity contribution in [1.29, 1.82) is 5.26 Å². The number of hydrogen-bond donors (Lipinski definition) is 2. The van der Waals surface area contributed by atoms with Gasteiger partial charge in [-0.1, -0.05) is 12.1 Å². The molecule has 0 saturated carbocycles. The quantitative estimate of drug-likeness (QED) is 0.889. The number of aromatic amines is 1. The molecule has 7 nitrogen and oxygen atoms in total. The van der Waals surface area contributed by atoms with Crippen LogP contribution in [0.25, 0.3) is 0 Å². The standard InChI is InChI=1S/C17H16N4O3/c1-24-15-5-3-2-4-14(15)21-7-6-12(17(21)23)20-16(22)13-8-11(9-18)10-19-13/h2-5,8,10,12,19H,6-7H2,1H3,(H,20,22). The van der Waals surface area contributed by atoms with Gasteiger partial charge >= 0.3 is 0 Å². The van der Waals surface area contributed by atoms with E-state index < -0.39 is 11.9 Å². The topological polar surface area (TPSA) is 98.2 Å². The molecule has 24 heavy (non-hydrogen) atoms. The largest absolute Gasteiger partial charge is 0.495 e. The highest BCUT2D eigenvalue weighted by Crippen LogP contribution is 2.31. The normalized spacial score (nSPS) is 16.8. The first-order valence-corrected chi connectivity index (χ1v) is 7.48. The van der Waals surface area contributed by atoms with Crippen molar-refractivity contribution in [2.75, 3.05) is 18.6 Å². The highest BCUT2D eigenvalue weighted by atomic mass is 16.5. The molecule has 122 valence electrons. The summed E-state index contributed by atoms with van der Waals surface area (Å²) >= 11 is 0. The van der Waals surface area contributed by atoms with Gasteiger partial charge in [0, 0.05) is 12.7 Å². The fourth-order valence-corrected chi connectivity index (χ4v) is 2.73. The number of methoxy groups -OCH3 is 1. The number of carbonyl (C=O) groups excluding carboxylic acids is 2. The first-order valence-electron chi connectivity index (χ1n) is 7.48. The summed E-state index contributed by atoms with van der Waals surface area (Å²) in [5.74, 6) is 0.0255. The number of ether oxygens (including phenoxy) is 1. The van der Waals surface area contributed by atoms with Gasteiger partial charge in [0.2, 0.25) is 5.91 Å². The third-order valence-corrected chi connectivity index (χ3v) is 3.94. The van der Waals surface area contributed by atoms with E-state index in [1.54, 1.807) is 18.1 Å². The smallest absolute Gasteiger partial charge is 0.268 e. The second kappa shape index (κ2) is 6.46. The second-order valence-electron chi connectivity index (χ2n) is 5.39. The lowest BCUT2D eigenvalue weighted by molar-refractivity contribution is -0.118. The number of hydrogen-bond acceptors (Lipinski definition) is 4. The third kappa shape index (κ3) is 2.82. The summed E-state index contributed by atoms with van der Waals surface area (Å²) in [6.45, 7) is 0.498. The number of rotatable bonds is 4. The van der Waals surface area contributed by atoms with Gasteiger partial charge < -0.3 is 19.9 Å². The van der Waals surface area contributed by atoms with Crippen LogP contribution in [-0.2, 0) is 4.79 Å². The summed E-state index contributed by atoms with van der Waals surface area (Å²) in [6, 6.07) is 10.1. The Balaban J connectivity index is 1.72. The van der Waals surface area contributed by atoms with Crippen LogP contribution in [0.15, 0.2) is 36.5 Å². The molecule has 1 aromatic carbocycles. The molecule has 1 saturated heterocycles. The Hall–Kier alpha value is -3.27. The minimum absolute atomic E-state index is 0.181. The second-order valence-corrected chi connectivity index (χ2v) is 5.39. The van der Waals surface area contributed by atoms with E-state index in [2.05, 4.69) is 10.3 Å². The van der Waals surface area contributed by atoms with E-state index in [1.165, 1.54) is 12.3 Å². The number of nitrogens with zero attached hydrogens (tertiary/aromatic N) is 2. The van der Waals surface area contributed by atoms with Gasteiger partial charge in [-0.05, 0) is 24.6 Å². The summed E-state index contributed by atoms with van der Waals surface area (Å²) in [6.07, 6.45) is 1.96. The summed E-state index contributed by atoms with van der Waals surface area (Å²) in [4.78, 5) is 29.1. The predicted octanol–water partition coefficient (Wildman–Crippen LogP) is 1.43. The van der Waals surface area contributed by atoms with Crippen LogP contribution in [0, 0.1) is 11.3 Å². The molecule has 1 aliphatic rings. The van der Waals surface area contributed by atoms with Crippen LogP contribution in [0.5, 0.6) is 5.75 Å². The Morgan fingerprint density at radius 2 is 2.25 bits per heavy atom. The van der Waals surface area contributed by atoms with Crippen molar-refractivity contribution in [3.05, 3.63) is 47.8 Å². The van der Waals surface area contributed by atoms with Gasteiger partial charge in [0.25, 0.3) is 5.91 Å². The van der Waals surface area contributed by atoms with E-state index >= 15 is 0 Å². The number of anilines is 1. The highest BCUT2D eigenvalue weighted by molar-refractivity contribution is 6.04. The van der Waals surface area contributed by atoms with Gasteiger partial charge in [-0.2, -0.15) is 5.26 Å². The maximum Gasteiger partial charge on any atom is 0.268 e. The van der Waals surface area contributed by atoms with Crippen molar-refractivity contribution < 1.29 is 14.3 Å². The minimum atomic E-state index is -0.601. The van der Waals surface area contributed by atoms with Gasteiger partial charge in [-0.25, -0.2) is 0 Å². The van der Waals surface area contributed by atoms with Crippen LogP contribution >= 0.6 is 0 Å². The zero-order chi connectivity index (χ0) is 17.1. The van der Waals surface area contributed by atoms with Crippen molar-refractivity contribution in [2.45, 2.75) is 12.5 Å². The van der Waals surface area contributed by atoms with E-state index in [0.717, 1.165) is 0 Å². The van der Waals surface area contributed by atoms with Gasteiger partial charge in [-0.3, -0.25) is 9.59 Å². The molecule has 1 aromatic heterocycles. The third-order valence-electron chi connectivity index (χ3n) is 3.94. The Morgan fingerprint density at radius 1 is 1.46 bits per heavy atom. The van der Waals surface area contributed by atoms with Gasteiger partial charge in [0.05, 0.1) is 18.4 Å². The van der Waals surface area contributed by atoms with E-state index in [4.69, 9.17) is 10.00 Å². The molecule has 0 spiro atoms. The van der Waals surface area contributed by atoms with Crippen LogP contribution in [0.2, 0.25) is 0 Å². The molecule has 2 N–H and O–H groups in total. The number of benzene rings is 1. The van der Waals surface area contributed by atoms with Crippen molar-refractivity contribution in [1.82, 2.24) is 10.3 Å². The van der Waals surface area contributed by atoms with Crippen LogP contribution in [0.4, 0.5) is 5.69 Å². The number of nitriles is 1. The van der Waals surface area contributed by atoms with Gasteiger partial charge in [0.1, 0.15) is 23.6 Å². The summed E-state index contributed by atoms with van der Waals surface area (Å²) in [5, 5.41) is 11.5. The van der Waals surface area contributed by atoms with Crippen LogP contribution in [0.3, 0.4) is 0 Å². The SMILES string of the molecule is COc1ccccc1N1CCC(NC(=O)c2cc(C#N)c[nH]2)C1=O. The molecular formula is C17H16N4O3. The lowest BCUT2D eigenvalue weighted by Crippen LogP contribution is -2.41. The van der Waals surface area contributed by atoms with Crippen LogP contribution in [0.1, 0.15) is 22.5 Å². The Labute approximate surface area is 138 Å². The van der Waals surface area contributed by atoms with Crippen molar-refractivity contribution >= 4 is 17.5 Å². The molecule has 7 heteroatoms. The fraction of sp³-hybridized carbons (Fsp3) is 0.235. The molecule has 1 unspecified atom stereocenters. The molecular weight excluding hydrogens is 308 g/mol. The van der Waals surface area contributed by atoms with E-state index in [-0.39, 0.29) is 11.6 Å². The average molecular weight is 324 g/mol. The number of aromatic nitrogens is 1. The van der Waals surface area contributed by atoms with E-state index in [1.807, 2.05) is 24.3 Å². The van der Waals surface area contributed by atoms with Crippen molar-refractivity contribution in [3.63, 3.8) is 0 Å². The Bertz CT molecular complexity index is 821. The average Bonchev–Trinajstić information content (AvgIpc) is 3.22. The maximum atomic E-state index is 12.6. The molecule has 0 bridgehead atoms. The van der Waals surface area contributed by atoms with Crippen LogP contribution < -0.4 is 15.0 Å². The minimum Gasteiger partial charge on any atom is -0.495 e. The predicted molar refractivity (Wildman–Crippen MR) is 86.7 cm³/mol. The molecule has 0 aliphatic carbocycles. The monoisotopic (exact) mass is 324 g/mol. The number of para-hydroxylation sites is 2. The van der Waals surface area contributed by atoms with Gasteiger partial charge in [0.15, 0.2) is 0 Å². The number of amides is 2. The molecule has 2 heterocycles. The fourth-order valence-electron chi connectivity index (χ4n) is 2.73. The zero-order valence-corrected chi connectivity index (χ0v) is 13.1. The Kier molecular flexibility index (Phi) is 4.20. The lowest BCUT2D eigenvalue weighted by atomic mass is 10.2. The number of carbonyl (C=O) groups is 2. The first kappa shape index (κ1) is 15.6. The molecule has 2 amide bonds. The molecule has 1 fully saturated rings. The van der Waals surface area contributed by atoms with Crippen molar-refractivity contribution in [3.8, 4) is 11.8 Å². The summed E-state index contributed by atoms with van der Waals surface area (Å²) in [7, 11) is 1.55. The Morgan fingerprint density at radius 3 is 2.96 bits per heavy atom. The van der Waals surface area contributed by atoms with E-state index in [9.17, 15) is 9.59 Å². The lowest BCUT2D eigenvalue weighted by Gasteiger charge is -2.19. The molecule has 1 aliphatic heterocycles. The summed E-state index contributed by atoms with van der Waals surface area (Å²) < 4.78 is 5.29. The number of H-pyrrole nitrogens is 1. The zero-order valence-electron chi connectivity index (χ0n) is 13.1. The van der Waals surface area contributed by atoms with Gasteiger partial charge in [-0.15, -0.1) is 0 Å². The highest BCUT2D eigenvalue weighted by Gasteiger charge is 2.35. The maximum absolute atomic E-state index is 12.6. The van der Waals surface area contributed by atoms with E-state index in [0.29, 0.717) is 30.0 Å². The molecule has 1 atom stereocenters.